The molecule has 1 amide bonds. The van der Waals surface area contributed by atoms with Crippen LogP contribution in [0.3, 0.4) is 0 Å². The molecular weight excluding hydrogens is 228 g/mol. The van der Waals surface area contributed by atoms with Crippen LogP contribution in [0, 0.1) is 0 Å². The minimum Gasteiger partial charge on any atom is -0.378 e. The zero-order valence-corrected chi connectivity index (χ0v) is 9.56. The van der Waals surface area contributed by atoms with E-state index in [1.807, 2.05) is 6.07 Å². The summed E-state index contributed by atoms with van der Waals surface area (Å²) >= 11 is 6.12. The Balaban J connectivity index is 2.04. The molecule has 0 radical (unpaired) electrons. The van der Waals surface area contributed by atoms with Crippen molar-refractivity contribution < 1.29 is 9.53 Å². The molecule has 0 aliphatic carbocycles. The Hall–Kier alpha value is -1.13. The molecule has 2 rings (SSSR count). The number of halogens is 1. The van der Waals surface area contributed by atoms with Gasteiger partial charge in [-0.3, -0.25) is 9.78 Å². The first-order valence-corrected chi connectivity index (χ1v) is 5.63. The maximum Gasteiger partial charge on any atom is 0.245 e. The highest BCUT2D eigenvalue weighted by atomic mass is 35.5. The second-order valence-electron chi connectivity index (χ2n) is 3.59. The lowest BCUT2D eigenvalue weighted by molar-refractivity contribution is -0.134. The average Bonchev–Trinajstić information content (AvgIpc) is 2.39. The van der Waals surface area contributed by atoms with Gasteiger partial charge in [0.25, 0.3) is 0 Å². The molecule has 0 aromatic carbocycles. The molecule has 4 nitrogen and oxygen atoms in total. The lowest BCUT2D eigenvalue weighted by Crippen LogP contribution is -2.42. The van der Waals surface area contributed by atoms with Gasteiger partial charge in [-0.15, -0.1) is 11.6 Å². The fraction of sp³-hybridized carbons (Fsp3) is 0.455. The molecule has 16 heavy (non-hydrogen) atoms. The monoisotopic (exact) mass is 240 g/mol. The van der Waals surface area contributed by atoms with Crippen molar-refractivity contribution >= 4 is 17.5 Å². The molecule has 5 heteroatoms. The van der Waals surface area contributed by atoms with Crippen LogP contribution < -0.4 is 0 Å². The Labute approximate surface area is 99.2 Å². The highest BCUT2D eigenvalue weighted by Crippen LogP contribution is 2.22. The van der Waals surface area contributed by atoms with Gasteiger partial charge in [0.2, 0.25) is 5.91 Å². The average molecular weight is 241 g/mol. The summed E-state index contributed by atoms with van der Waals surface area (Å²) in [5.41, 5.74) is 0.737. The van der Waals surface area contributed by atoms with Crippen LogP contribution in [0.15, 0.2) is 24.5 Å². The van der Waals surface area contributed by atoms with Crippen molar-refractivity contribution in [3.8, 4) is 0 Å². The van der Waals surface area contributed by atoms with Gasteiger partial charge in [-0.1, -0.05) is 6.07 Å². The molecule has 1 aliphatic heterocycles. The normalized spacial score (nSPS) is 18.2. The standard InChI is InChI=1S/C11H13ClN2O2/c12-10(9-2-1-3-13-8-9)11(15)14-4-6-16-7-5-14/h1-3,8,10H,4-7H2. The molecule has 1 saturated heterocycles. The van der Waals surface area contributed by atoms with E-state index in [0.29, 0.717) is 26.3 Å². The van der Waals surface area contributed by atoms with E-state index < -0.39 is 5.38 Å². The Morgan fingerprint density at radius 2 is 2.25 bits per heavy atom. The lowest BCUT2D eigenvalue weighted by Gasteiger charge is -2.28. The fourth-order valence-corrected chi connectivity index (χ4v) is 1.88. The van der Waals surface area contributed by atoms with E-state index >= 15 is 0 Å². The minimum atomic E-state index is -0.646. The topological polar surface area (TPSA) is 42.4 Å². The number of rotatable bonds is 2. The van der Waals surface area contributed by atoms with Crippen LogP contribution in [0.25, 0.3) is 0 Å². The number of nitrogens with zero attached hydrogens (tertiary/aromatic N) is 2. The Bertz CT molecular complexity index is 352. The summed E-state index contributed by atoms with van der Waals surface area (Å²) in [6.07, 6.45) is 3.28. The van der Waals surface area contributed by atoms with Crippen molar-refractivity contribution in [1.82, 2.24) is 9.88 Å². The first-order chi connectivity index (χ1) is 7.79. The van der Waals surface area contributed by atoms with Crippen LogP contribution in [0.4, 0.5) is 0 Å². The predicted molar refractivity (Wildman–Crippen MR) is 60.2 cm³/mol. The van der Waals surface area contributed by atoms with E-state index in [4.69, 9.17) is 16.3 Å². The van der Waals surface area contributed by atoms with Crippen molar-refractivity contribution in [3.63, 3.8) is 0 Å². The fourth-order valence-electron chi connectivity index (χ4n) is 1.61. The third kappa shape index (κ3) is 2.51. The van der Waals surface area contributed by atoms with Gasteiger partial charge >= 0.3 is 0 Å². The van der Waals surface area contributed by atoms with Crippen LogP contribution in [-0.4, -0.2) is 42.1 Å². The van der Waals surface area contributed by atoms with E-state index in [9.17, 15) is 4.79 Å². The lowest BCUT2D eigenvalue weighted by atomic mass is 10.2. The molecule has 1 aromatic rings. The van der Waals surface area contributed by atoms with Gasteiger partial charge in [0.15, 0.2) is 0 Å². The first kappa shape index (κ1) is 11.4. The number of hydrogen-bond acceptors (Lipinski definition) is 3. The molecule has 0 spiro atoms. The number of alkyl halides is 1. The largest absolute Gasteiger partial charge is 0.378 e. The second-order valence-corrected chi connectivity index (χ2v) is 4.02. The zero-order chi connectivity index (χ0) is 11.4. The van der Waals surface area contributed by atoms with Gasteiger partial charge < -0.3 is 9.64 Å². The summed E-state index contributed by atoms with van der Waals surface area (Å²) in [5.74, 6) is -0.0713. The molecule has 1 unspecified atom stereocenters. The maximum atomic E-state index is 12.0. The van der Waals surface area contributed by atoms with E-state index in [-0.39, 0.29) is 5.91 Å². The number of pyridine rings is 1. The molecular formula is C11H13ClN2O2. The van der Waals surface area contributed by atoms with E-state index in [1.165, 1.54) is 0 Å². The molecule has 1 fully saturated rings. The van der Waals surface area contributed by atoms with Crippen LogP contribution in [0.1, 0.15) is 10.9 Å². The number of amides is 1. The Kier molecular flexibility index (Phi) is 3.74. The minimum absolute atomic E-state index is 0.0713. The number of carbonyl (C=O) groups is 1. The number of carbonyl (C=O) groups excluding carboxylic acids is 1. The summed E-state index contributed by atoms with van der Waals surface area (Å²) in [6, 6.07) is 3.58. The third-order valence-electron chi connectivity index (χ3n) is 2.52. The summed E-state index contributed by atoms with van der Waals surface area (Å²) < 4.78 is 5.19. The van der Waals surface area contributed by atoms with E-state index in [0.717, 1.165) is 5.56 Å². The van der Waals surface area contributed by atoms with Gasteiger partial charge in [-0.05, 0) is 11.6 Å². The Morgan fingerprint density at radius 3 is 2.88 bits per heavy atom. The van der Waals surface area contributed by atoms with Crippen molar-refractivity contribution in [2.24, 2.45) is 0 Å². The van der Waals surface area contributed by atoms with Crippen molar-refractivity contribution in [2.75, 3.05) is 26.3 Å². The zero-order valence-electron chi connectivity index (χ0n) is 8.80. The number of morpholine rings is 1. The molecule has 0 N–H and O–H groups in total. The third-order valence-corrected chi connectivity index (χ3v) is 2.96. The summed E-state index contributed by atoms with van der Waals surface area (Å²) in [6.45, 7) is 2.40. The van der Waals surface area contributed by atoms with Crippen molar-refractivity contribution in [2.45, 2.75) is 5.38 Å². The highest BCUT2D eigenvalue weighted by molar-refractivity contribution is 6.30. The van der Waals surface area contributed by atoms with Gasteiger partial charge in [-0.2, -0.15) is 0 Å². The number of hydrogen-bond donors (Lipinski definition) is 0. The predicted octanol–water partition coefficient (Wildman–Crippen LogP) is 1.22. The molecule has 1 atom stereocenters. The quantitative estimate of drug-likeness (QED) is 0.730. The molecule has 2 heterocycles. The second kappa shape index (κ2) is 5.27. The van der Waals surface area contributed by atoms with E-state index in [2.05, 4.69) is 4.98 Å². The van der Waals surface area contributed by atoms with Gasteiger partial charge in [0.1, 0.15) is 5.38 Å². The SMILES string of the molecule is O=C(C(Cl)c1cccnc1)N1CCOCC1. The van der Waals surface area contributed by atoms with Gasteiger partial charge in [-0.25, -0.2) is 0 Å². The first-order valence-electron chi connectivity index (χ1n) is 5.19. The van der Waals surface area contributed by atoms with Crippen LogP contribution in [0.2, 0.25) is 0 Å². The molecule has 1 aliphatic rings. The van der Waals surface area contributed by atoms with E-state index in [1.54, 1.807) is 23.4 Å². The molecule has 1 aromatic heterocycles. The summed E-state index contributed by atoms with van der Waals surface area (Å²) in [4.78, 5) is 17.7. The van der Waals surface area contributed by atoms with Crippen molar-refractivity contribution in [3.05, 3.63) is 30.1 Å². The van der Waals surface area contributed by atoms with Gasteiger partial charge in [0, 0.05) is 25.5 Å². The molecule has 0 saturated carbocycles. The van der Waals surface area contributed by atoms with Gasteiger partial charge in [0.05, 0.1) is 13.2 Å². The summed E-state index contributed by atoms with van der Waals surface area (Å²) in [5, 5.41) is -0.646. The van der Waals surface area contributed by atoms with Crippen LogP contribution in [-0.2, 0) is 9.53 Å². The Morgan fingerprint density at radius 1 is 1.50 bits per heavy atom. The maximum absolute atomic E-state index is 12.0. The van der Waals surface area contributed by atoms with Crippen LogP contribution in [0.5, 0.6) is 0 Å². The number of ether oxygens (including phenoxy) is 1. The number of aromatic nitrogens is 1. The van der Waals surface area contributed by atoms with Crippen LogP contribution >= 0.6 is 11.6 Å². The molecule has 0 bridgehead atoms. The smallest absolute Gasteiger partial charge is 0.245 e. The molecule has 86 valence electrons. The highest BCUT2D eigenvalue weighted by Gasteiger charge is 2.25. The van der Waals surface area contributed by atoms with Crippen molar-refractivity contribution in [1.29, 1.82) is 0 Å². The summed E-state index contributed by atoms with van der Waals surface area (Å²) in [7, 11) is 0.